The van der Waals surface area contributed by atoms with E-state index in [-0.39, 0.29) is 24.6 Å². The molecule has 0 fully saturated rings. The third-order valence-corrected chi connectivity index (χ3v) is 2.99. The Morgan fingerprint density at radius 1 is 1.10 bits per heavy atom. The molecule has 0 amide bonds. The molecular weight excluding hydrogens is 271 g/mol. The van der Waals surface area contributed by atoms with E-state index in [1.165, 1.54) is 13.0 Å². The highest BCUT2D eigenvalue weighted by Gasteiger charge is 2.09. The van der Waals surface area contributed by atoms with Gasteiger partial charge in [0.25, 0.3) is 0 Å². The van der Waals surface area contributed by atoms with Crippen molar-refractivity contribution in [2.45, 2.75) is 13.3 Å². The molecule has 0 bridgehead atoms. The van der Waals surface area contributed by atoms with Crippen molar-refractivity contribution >= 4 is 11.6 Å². The zero-order valence-corrected chi connectivity index (χ0v) is 11.6. The Morgan fingerprint density at radius 3 is 2.57 bits per heavy atom. The zero-order valence-electron chi connectivity index (χ0n) is 11.6. The Kier molecular flexibility index (Phi) is 4.82. The summed E-state index contributed by atoms with van der Waals surface area (Å²) in [4.78, 5) is 23.0. The van der Waals surface area contributed by atoms with Gasteiger partial charge in [-0.1, -0.05) is 30.3 Å². The molecule has 0 heterocycles. The quantitative estimate of drug-likeness (QED) is 0.766. The normalized spacial score (nSPS) is 10.2. The average Bonchev–Trinajstić information content (AvgIpc) is 2.48. The number of carbonyl (C=O) groups is 2. The summed E-state index contributed by atoms with van der Waals surface area (Å²) in [5.41, 5.74) is 0.873. The molecule has 0 N–H and O–H groups in total. The smallest absolute Gasteiger partial charge is 0.174 e. The number of benzene rings is 2. The van der Waals surface area contributed by atoms with Gasteiger partial charge in [-0.15, -0.1) is 0 Å². The topological polar surface area (TPSA) is 43.4 Å². The molecule has 0 aromatic heterocycles. The third kappa shape index (κ3) is 4.24. The number of ether oxygens (including phenoxy) is 1. The van der Waals surface area contributed by atoms with Gasteiger partial charge < -0.3 is 4.74 Å². The molecule has 4 heteroatoms. The molecular formula is C17H15FO3. The second-order valence-electron chi connectivity index (χ2n) is 4.68. The third-order valence-electron chi connectivity index (χ3n) is 2.99. The summed E-state index contributed by atoms with van der Waals surface area (Å²) in [5.74, 6) is -0.250. The Balaban J connectivity index is 1.94. The number of ketones is 2. The standard InChI is InChI=1S/C17H15FO3/c1-12(19)13-6-4-7-16(10-13)21-11-15(20)9-14-5-2-3-8-17(14)18/h2-8,10H,9,11H2,1H3. The van der Waals surface area contributed by atoms with Crippen molar-refractivity contribution in [2.24, 2.45) is 0 Å². The molecule has 0 saturated heterocycles. The highest BCUT2D eigenvalue weighted by atomic mass is 19.1. The van der Waals surface area contributed by atoms with Crippen LogP contribution in [0.4, 0.5) is 4.39 Å². The summed E-state index contributed by atoms with van der Waals surface area (Å²) in [7, 11) is 0. The minimum Gasteiger partial charge on any atom is -0.486 e. The van der Waals surface area contributed by atoms with Gasteiger partial charge in [-0.2, -0.15) is 0 Å². The van der Waals surface area contributed by atoms with Crippen LogP contribution in [0.3, 0.4) is 0 Å². The molecule has 2 aromatic carbocycles. The molecule has 0 atom stereocenters. The van der Waals surface area contributed by atoms with Gasteiger partial charge in [-0.3, -0.25) is 9.59 Å². The second-order valence-corrected chi connectivity index (χ2v) is 4.68. The molecule has 108 valence electrons. The molecule has 0 aliphatic heterocycles. The van der Waals surface area contributed by atoms with Crippen LogP contribution in [0.5, 0.6) is 5.75 Å². The van der Waals surface area contributed by atoms with E-state index >= 15 is 0 Å². The highest BCUT2D eigenvalue weighted by molar-refractivity contribution is 5.94. The fourth-order valence-corrected chi connectivity index (χ4v) is 1.87. The number of hydrogen-bond acceptors (Lipinski definition) is 3. The molecule has 0 spiro atoms. The fraction of sp³-hybridized carbons (Fsp3) is 0.176. The minimum atomic E-state index is -0.399. The molecule has 0 aliphatic carbocycles. The number of rotatable bonds is 6. The molecule has 3 nitrogen and oxygen atoms in total. The van der Waals surface area contributed by atoms with E-state index in [1.54, 1.807) is 42.5 Å². The molecule has 0 radical (unpaired) electrons. The summed E-state index contributed by atoms with van der Waals surface area (Å²) in [5, 5.41) is 0. The maximum absolute atomic E-state index is 13.4. The largest absolute Gasteiger partial charge is 0.486 e. The minimum absolute atomic E-state index is 0.0148. The van der Waals surface area contributed by atoms with E-state index in [0.717, 1.165) is 0 Å². The molecule has 0 saturated carbocycles. The summed E-state index contributed by atoms with van der Waals surface area (Å²) in [6.07, 6.45) is -0.0148. The SMILES string of the molecule is CC(=O)c1cccc(OCC(=O)Cc2ccccc2F)c1. The molecule has 2 aromatic rings. The van der Waals surface area contributed by atoms with Crippen LogP contribution in [-0.4, -0.2) is 18.2 Å². The van der Waals surface area contributed by atoms with Gasteiger partial charge in [0.15, 0.2) is 11.6 Å². The van der Waals surface area contributed by atoms with E-state index < -0.39 is 5.82 Å². The van der Waals surface area contributed by atoms with Gasteiger partial charge in [0.05, 0.1) is 0 Å². The first kappa shape index (κ1) is 14.9. The lowest BCUT2D eigenvalue weighted by molar-refractivity contribution is -0.120. The average molecular weight is 286 g/mol. The summed E-state index contributed by atoms with van der Waals surface area (Å²) in [6.45, 7) is 1.30. The van der Waals surface area contributed by atoms with Gasteiger partial charge >= 0.3 is 0 Å². The first-order chi connectivity index (χ1) is 10.1. The number of carbonyl (C=O) groups excluding carboxylic acids is 2. The summed E-state index contributed by atoms with van der Waals surface area (Å²) >= 11 is 0. The van der Waals surface area contributed by atoms with Crippen LogP contribution >= 0.6 is 0 Å². The fourth-order valence-electron chi connectivity index (χ4n) is 1.87. The predicted molar refractivity (Wildman–Crippen MR) is 77.1 cm³/mol. The summed E-state index contributed by atoms with van der Waals surface area (Å²) < 4.78 is 18.8. The first-order valence-corrected chi connectivity index (χ1v) is 6.55. The van der Waals surface area contributed by atoms with E-state index in [2.05, 4.69) is 0 Å². The van der Waals surface area contributed by atoms with E-state index in [0.29, 0.717) is 16.9 Å². The maximum Gasteiger partial charge on any atom is 0.174 e. The summed E-state index contributed by atoms with van der Waals surface area (Å²) in [6, 6.07) is 12.8. The van der Waals surface area contributed by atoms with Crippen LogP contribution in [0.25, 0.3) is 0 Å². The predicted octanol–water partition coefficient (Wildman–Crippen LogP) is 3.22. The van der Waals surface area contributed by atoms with Gasteiger partial charge in [-0.05, 0) is 30.7 Å². The monoisotopic (exact) mass is 286 g/mol. The lowest BCUT2D eigenvalue weighted by atomic mass is 10.1. The lowest BCUT2D eigenvalue weighted by Crippen LogP contribution is -2.14. The molecule has 0 aliphatic rings. The van der Waals surface area contributed by atoms with Gasteiger partial charge in [-0.25, -0.2) is 4.39 Å². The number of hydrogen-bond donors (Lipinski definition) is 0. The zero-order chi connectivity index (χ0) is 15.2. The molecule has 2 rings (SSSR count). The second kappa shape index (κ2) is 6.79. The van der Waals surface area contributed by atoms with Crippen molar-refractivity contribution in [1.82, 2.24) is 0 Å². The maximum atomic E-state index is 13.4. The van der Waals surface area contributed by atoms with Crippen molar-refractivity contribution in [3.05, 3.63) is 65.5 Å². The van der Waals surface area contributed by atoms with E-state index in [1.807, 2.05) is 0 Å². The Bertz CT molecular complexity index is 665. The first-order valence-electron chi connectivity index (χ1n) is 6.55. The van der Waals surface area contributed by atoms with Crippen LogP contribution in [0.15, 0.2) is 48.5 Å². The van der Waals surface area contributed by atoms with Crippen LogP contribution in [-0.2, 0) is 11.2 Å². The van der Waals surface area contributed by atoms with Gasteiger partial charge in [0.1, 0.15) is 18.2 Å². The van der Waals surface area contributed by atoms with Crippen LogP contribution in [0.2, 0.25) is 0 Å². The number of Topliss-reactive ketones (excluding diaryl/α,β-unsaturated/α-hetero) is 2. The lowest BCUT2D eigenvalue weighted by Gasteiger charge is -2.07. The van der Waals surface area contributed by atoms with Crippen molar-refractivity contribution in [3.63, 3.8) is 0 Å². The molecule has 0 unspecified atom stereocenters. The van der Waals surface area contributed by atoms with Crippen molar-refractivity contribution in [3.8, 4) is 5.75 Å². The van der Waals surface area contributed by atoms with Crippen LogP contribution in [0, 0.1) is 5.82 Å². The highest BCUT2D eigenvalue weighted by Crippen LogP contribution is 2.14. The number of halogens is 1. The van der Waals surface area contributed by atoms with E-state index in [9.17, 15) is 14.0 Å². The Labute approximate surface area is 122 Å². The van der Waals surface area contributed by atoms with Crippen molar-refractivity contribution in [1.29, 1.82) is 0 Å². The molecule has 21 heavy (non-hydrogen) atoms. The van der Waals surface area contributed by atoms with Gasteiger partial charge in [0, 0.05) is 12.0 Å². The van der Waals surface area contributed by atoms with Crippen molar-refractivity contribution < 1.29 is 18.7 Å². The van der Waals surface area contributed by atoms with E-state index in [4.69, 9.17) is 4.74 Å². The van der Waals surface area contributed by atoms with Crippen LogP contribution < -0.4 is 4.74 Å². The van der Waals surface area contributed by atoms with Crippen molar-refractivity contribution in [2.75, 3.05) is 6.61 Å². The van der Waals surface area contributed by atoms with Gasteiger partial charge in [0.2, 0.25) is 0 Å². The van der Waals surface area contributed by atoms with Crippen LogP contribution in [0.1, 0.15) is 22.8 Å². The Morgan fingerprint density at radius 2 is 1.86 bits per heavy atom. The Hall–Kier alpha value is -2.49.